The molecule has 1 atom stereocenters. The smallest absolute Gasteiger partial charge is 0.350 e. The van der Waals surface area contributed by atoms with Gasteiger partial charge in [0.25, 0.3) is 0 Å². The maximum atomic E-state index is 12.8. The molecule has 0 spiro atoms. The van der Waals surface area contributed by atoms with Crippen molar-refractivity contribution < 1.29 is 23.1 Å². The van der Waals surface area contributed by atoms with Gasteiger partial charge in [-0.25, -0.2) is 0 Å². The number of hydrogen-bond acceptors (Lipinski definition) is 4. The van der Waals surface area contributed by atoms with E-state index in [-0.39, 0.29) is 5.71 Å². The summed E-state index contributed by atoms with van der Waals surface area (Å²) >= 11 is 0. The van der Waals surface area contributed by atoms with Gasteiger partial charge in [-0.05, 0) is 30.0 Å². The lowest BCUT2D eigenvalue weighted by molar-refractivity contribution is -0.355. The molecule has 1 aliphatic carbocycles. The van der Waals surface area contributed by atoms with Crippen molar-refractivity contribution >= 4 is 5.71 Å². The summed E-state index contributed by atoms with van der Waals surface area (Å²) in [5.74, 6) is -2.65. The van der Waals surface area contributed by atoms with Crippen LogP contribution in [0.5, 0.6) is 0 Å². The molecule has 1 aliphatic heterocycles. The highest BCUT2D eigenvalue weighted by Crippen LogP contribution is 2.40. The lowest BCUT2D eigenvalue weighted by atomic mass is 10.0. The van der Waals surface area contributed by atoms with Crippen LogP contribution in [0.2, 0.25) is 0 Å². The van der Waals surface area contributed by atoms with E-state index in [9.17, 15) is 18.3 Å². The molecule has 1 fully saturated rings. The second kappa shape index (κ2) is 5.59. The molecule has 1 N–H and O–H groups in total. The summed E-state index contributed by atoms with van der Waals surface area (Å²) in [6.07, 6.45) is -1.46. The molecule has 0 radical (unpaired) electrons. The summed E-state index contributed by atoms with van der Waals surface area (Å²) in [7, 11) is 0. The van der Waals surface area contributed by atoms with Crippen molar-refractivity contribution in [2.75, 3.05) is 0 Å². The largest absolute Gasteiger partial charge is 0.458 e. The Morgan fingerprint density at radius 1 is 1.20 bits per heavy atom. The zero-order valence-corrected chi connectivity index (χ0v) is 13.2. The Hall–Kier alpha value is -2.35. The van der Waals surface area contributed by atoms with Crippen LogP contribution in [0.15, 0.2) is 41.7 Å². The number of aliphatic hydroxyl groups is 1. The Bertz CT molecular complexity index is 809. The van der Waals surface area contributed by atoms with E-state index in [1.54, 1.807) is 18.3 Å². The van der Waals surface area contributed by atoms with Crippen LogP contribution < -0.4 is 0 Å². The third-order valence-electron chi connectivity index (χ3n) is 4.52. The highest BCUT2D eigenvalue weighted by atomic mass is 19.4. The minimum Gasteiger partial charge on any atom is -0.350 e. The van der Waals surface area contributed by atoms with Crippen LogP contribution in [0.3, 0.4) is 0 Å². The molecule has 1 saturated carbocycles. The normalized spacial score (nSPS) is 23.4. The number of nitrogens with zero attached hydrogens (tertiary/aromatic N) is 3. The van der Waals surface area contributed by atoms with E-state index >= 15 is 0 Å². The van der Waals surface area contributed by atoms with E-state index in [2.05, 4.69) is 15.1 Å². The molecule has 0 bridgehead atoms. The molecule has 1 aromatic carbocycles. The van der Waals surface area contributed by atoms with Crippen LogP contribution in [0.4, 0.5) is 13.2 Å². The van der Waals surface area contributed by atoms with Crippen LogP contribution in [-0.2, 0) is 11.4 Å². The van der Waals surface area contributed by atoms with E-state index in [0.717, 1.165) is 5.56 Å². The number of alkyl halides is 3. The molecule has 1 aromatic heterocycles. The first-order valence-electron chi connectivity index (χ1n) is 8.01. The van der Waals surface area contributed by atoms with Crippen molar-refractivity contribution in [2.45, 2.75) is 43.7 Å². The van der Waals surface area contributed by atoms with E-state index < -0.39 is 18.4 Å². The number of aromatic nitrogens is 2. The number of hydrogen-bond donors (Lipinski definition) is 1. The standard InChI is InChI=1S/C17H16F3N3O2/c18-17(19,20)16(24)9-14(22-25-16)12-3-1-11(2-4-12)10-23-15(7-8-21-23)13-5-6-13/h1-4,7-8,13,24H,5-6,9-10H2. The van der Waals surface area contributed by atoms with Crippen molar-refractivity contribution in [1.82, 2.24) is 9.78 Å². The Labute approximate surface area is 141 Å². The average molecular weight is 351 g/mol. The van der Waals surface area contributed by atoms with Gasteiger partial charge in [0.05, 0.1) is 18.7 Å². The Balaban J connectivity index is 1.47. The molecule has 25 heavy (non-hydrogen) atoms. The van der Waals surface area contributed by atoms with Gasteiger partial charge in [-0.3, -0.25) is 4.68 Å². The summed E-state index contributed by atoms with van der Waals surface area (Å²) < 4.78 is 40.2. The minimum absolute atomic E-state index is 0.0733. The highest BCUT2D eigenvalue weighted by Gasteiger charge is 2.60. The molecule has 0 saturated heterocycles. The van der Waals surface area contributed by atoms with Crippen molar-refractivity contribution in [1.29, 1.82) is 0 Å². The average Bonchev–Trinajstić information content (AvgIpc) is 3.16. The number of rotatable bonds is 4. The Morgan fingerprint density at radius 3 is 2.52 bits per heavy atom. The van der Waals surface area contributed by atoms with Gasteiger partial charge in [-0.2, -0.15) is 18.3 Å². The van der Waals surface area contributed by atoms with Crippen LogP contribution in [0, 0.1) is 0 Å². The van der Waals surface area contributed by atoms with Gasteiger partial charge in [0.1, 0.15) is 0 Å². The fraction of sp³-hybridized carbons (Fsp3) is 0.412. The van der Waals surface area contributed by atoms with Crippen LogP contribution in [0.1, 0.15) is 42.0 Å². The molecular formula is C17H16F3N3O2. The zero-order valence-electron chi connectivity index (χ0n) is 13.2. The summed E-state index contributed by atoms with van der Waals surface area (Å²) in [6.45, 7) is 0.606. The Kier molecular flexibility index (Phi) is 3.61. The second-order valence-electron chi connectivity index (χ2n) is 6.47. The molecule has 8 heteroatoms. The number of benzene rings is 1. The summed E-state index contributed by atoms with van der Waals surface area (Å²) in [5.41, 5.74) is 2.77. The van der Waals surface area contributed by atoms with Gasteiger partial charge in [-0.1, -0.05) is 29.4 Å². The van der Waals surface area contributed by atoms with E-state index in [1.807, 2.05) is 22.9 Å². The lowest BCUT2D eigenvalue weighted by Gasteiger charge is -2.22. The maximum absolute atomic E-state index is 12.8. The molecule has 0 amide bonds. The van der Waals surface area contributed by atoms with Gasteiger partial charge in [-0.15, -0.1) is 0 Å². The number of halogens is 3. The van der Waals surface area contributed by atoms with Crippen molar-refractivity contribution in [3.63, 3.8) is 0 Å². The van der Waals surface area contributed by atoms with E-state index in [0.29, 0.717) is 18.0 Å². The minimum atomic E-state index is -4.89. The predicted molar refractivity (Wildman–Crippen MR) is 83.0 cm³/mol. The van der Waals surface area contributed by atoms with E-state index in [4.69, 9.17) is 0 Å². The second-order valence-corrected chi connectivity index (χ2v) is 6.47. The van der Waals surface area contributed by atoms with Crippen molar-refractivity contribution in [3.8, 4) is 0 Å². The van der Waals surface area contributed by atoms with E-state index in [1.165, 1.54) is 18.5 Å². The van der Waals surface area contributed by atoms with Crippen LogP contribution >= 0.6 is 0 Å². The summed E-state index contributed by atoms with van der Waals surface area (Å²) in [6, 6.07) is 9.02. The molecular weight excluding hydrogens is 335 g/mol. The highest BCUT2D eigenvalue weighted by molar-refractivity contribution is 6.01. The fourth-order valence-electron chi connectivity index (χ4n) is 2.91. The predicted octanol–water partition coefficient (Wildman–Crippen LogP) is 3.18. The molecule has 2 heterocycles. The molecule has 4 rings (SSSR count). The maximum Gasteiger partial charge on any atom is 0.458 e. The van der Waals surface area contributed by atoms with Gasteiger partial charge in [0.15, 0.2) is 0 Å². The Morgan fingerprint density at radius 2 is 1.92 bits per heavy atom. The fourth-order valence-corrected chi connectivity index (χ4v) is 2.91. The molecule has 1 unspecified atom stereocenters. The topological polar surface area (TPSA) is 59.6 Å². The third-order valence-corrected chi connectivity index (χ3v) is 4.52. The number of oxime groups is 1. The van der Waals surface area contributed by atoms with Gasteiger partial charge < -0.3 is 9.94 Å². The first-order chi connectivity index (χ1) is 11.9. The molecule has 2 aromatic rings. The quantitative estimate of drug-likeness (QED) is 0.920. The summed E-state index contributed by atoms with van der Waals surface area (Å²) in [5, 5.41) is 17.2. The van der Waals surface area contributed by atoms with Crippen molar-refractivity contribution in [2.24, 2.45) is 5.16 Å². The van der Waals surface area contributed by atoms with Gasteiger partial charge >= 0.3 is 12.0 Å². The van der Waals surface area contributed by atoms with Crippen LogP contribution in [0.25, 0.3) is 0 Å². The first kappa shape index (κ1) is 16.1. The molecule has 2 aliphatic rings. The molecule has 132 valence electrons. The van der Waals surface area contributed by atoms with Gasteiger partial charge in [0.2, 0.25) is 0 Å². The van der Waals surface area contributed by atoms with Crippen LogP contribution in [-0.4, -0.2) is 32.6 Å². The first-order valence-corrected chi connectivity index (χ1v) is 8.01. The van der Waals surface area contributed by atoms with Gasteiger partial charge in [0, 0.05) is 17.8 Å². The monoisotopic (exact) mass is 351 g/mol. The lowest BCUT2D eigenvalue weighted by Crippen LogP contribution is -2.45. The molecule has 5 nitrogen and oxygen atoms in total. The van der Waals surface area contributed by atoms with Crippen molar-refractivity contribution in [3.05, 3.63) is 53.3 Å². The SMILES string of the molecule is OC1(C(F)(F)F)CC(c2ccc(Cn3nccc3C3CC3)cc2)=NO1. The summed E-state index contributed by atoms with van der Waals surface area (Å²) in [4.78, 5) is 4.24. The zero-order chi connectivity index (χ0) is 17.7. The third kappa shape index (κ3) is 3.02.